The molecule has 0 radical (unpaired) electrons. The fourth-order valence-electron chi connectivity index (χ4n) is 1.94. The first-order valence-corrected chi connectivity index (χ1v) is 6.93. The molecule has 21 heavy (non-hydrogen) atoms. The van der Waals surface area contributed by atoms with Gasteiger partial charge in [0.05, 0.1) is 36.5 Å². The summed E-state index contributed by atoms with van der Waals surface area (Å²) in [4.78, 5) is 19.2. The van der Waals surface area contributed by atoms with Crippen molar-refractivity contribution in [2.24, 2.45) is 5.73 Å². The fraction of sp³-hybridized carbons (Fsp3) is 0.167. The average molecular weight is 350 g/mol. The van der Waals surface area contributed by atoms with Crippen molar-refractivity contribution >= 4 is 33.2 Å². The van der Waals surface area contributed by atoms with Crippen LogP contribution in [0.15, 0.2) is 35.6 Å². The predicted molar refractivity (Wildman–Crippen MR) is 79.4 cm³/mol. The van der Waals surface area contributed by atoms with Gasteiger partial charge in [-0.2, -0.15) is 5.10 Å². The number of carbonyl (C=O) groups is 1. The summed E-state index contributed by atoms with van der Waals surface area (Å²) in [6, 6.07) is 0. The Kier molecular flexibility index (Phi) is 3.57. The molecule has 3 N–H and O–H groups in total. The van der Waals surface area contributed by atoms with Gasteiger partial charge in [-0.25, -0.2) is 9.97 Å². The van der Waals surface area contributed by atoms with Crippen LogP contribution in [0.25, 0.3) is 5.65 Å². The van der Waals surface area contributed by atoms with Crippen LogP contribution in [0.3, 0.4) is 0 Å². The second kappa shape index (κ2) is 5.52. The number of aromatic nitrogens is 5. The van der Waals surface area contributed by atoms with Gasteiger partial charge in [0.25, 0.3) is 0 Å². The summed E-state index contributed by atoms with van der Waals surface area (Å²) in [5.41, 5.74) is 7.68. The van der Waals surface area contributed by atoms with Crippen LogP contribution in [-0.2, 0) is 17.9 Å². The lowest BCUT2D eigenvalue weighted by Crippen LogP contribution is -2.18. The lowest BCUT2D eigenvalue weighted by molar-refractivity contribution is -0.118. The van der Waals surface area contributed by atoms with E-state index in [2.05, 4.69) is 36.3 Å². The Hall–Kier alpha value is -2.42. The summed E-state index contributed by atoms with van der Waals surface area (Å²) in [6.45, 7) is 0.635. The minimum atomic E-state index is -0.427. The molecule has 1 amide bonds. The van der Waals surface area contributed by atoms with Gasteiger partial charge in [0.15, 0.2) is 5.65 Å². The van der Waals surface area contributed by atoms with Gasteiger partial charge in [0, 0.05) is 12.4 Å². The molecule has 8 nitrogen and oxygen atoms in total. The molecule has 3 aromatic rings. The summed E-state index contributed by atoms with van der Waals surface area (Å²) in [6.07, 6.45) is 8.70. The van der Waals surface area contributed by atoms with E-state index in [-0.39, 0.29) is 6.54 Å². The van der Waals surface area contributed by atoms with Crippen LogP contribution in [0.2, 0.25) is 0 Å². The Morgan fingerprint density at radius 1 is 1.29 bits per heavy atom. The first-order chi connectivity index (χ1) is 10.1. The zero-order chi connectivity index (χ0) is 14.8. The molecule has 0 saturated heterocycles. The number of hydrogen-bond acceptors (Lipinski definition) is 5. The quantitative estimate of drug-likeness (QED) is 0.708. The predicted octanol–water partition coefficient (Wildman–Crippen LogP) is 0.786. The Morgan fingerprint density at radius 3 is 2.95 bits per heavy atom. The molecule has 0 bridgehead atoms. The number of imidazole rings is 1. The normalized spacial score (nSPS) is 10.9. The molecule has 0 atom stereocenters. The number of primary amides is 1. The third-order valence-electron chi connectivity index (χ3n) is 2.87. The van der Waals surface area contributed by atoms with Crippen molar-refractivity contribution in [1.29, 1.82) is 0 Å². The summed E-state index contributed by atoms with van der Waals surface area (Å²) in [5, 5.41) is 7.27. The molecule has 0 aliphatic carbocycles. The second-order valence-electron chi connectivity index (χ2n) is 4.43. The molecular formula is C12H12BrN7O. The monoisotopic (exact) mass is 349 g/mol. The number of rotatable bonds is 5. The van der Waals surface area contributed by atoms with E-state index < -0.39 is 5.91 Å². The van der Waals surface area contributed by atoms with E-state index in [1.54, 1.807) is 24.8 Å². The number of hydrogen-bond donors (Lipinski definition) is 2. The highest BCUT2D eigenvalue weighted by atomic mass is 79.9. The number of nitrogens with two attached hydrogens (primary N) is 1. The van der Waals surface area contributed by atoms with Crippen LogP contribution >= 0.6 is 15.9 Å². The second-order valence-corrected chi connectivity index (χ2v) is 5.25. The Balaban J connectivity index is 1.73. The molecule has 0 aromatic carbocycles. The zero-order valence-corrected chi connectivity index (χ0v) is 12.5. The maximum atomic E-state index is 10.8. The van der Waals surface area contributed by atoms with E-state index in [0.29, 0.717) is 6.54 Å². The van der Waals surface area contributed by atoms with Gasteiger partial charge in [-0.1, -0.05) is 0 Å². The average Bonchev–Trinajstić information content (AvgIpc) is 3.02. The first-order valence-electron chi connectivity index (χ1n) is 6.14. The zero-order valence-electron chi connectivity index (χ0n) is 10.9. The van der Waals surface area contributed by atoms with E-state index in [1.165, 1.54) is 4.68 Å². The number of anilines is 1. The lowest BCUT2D eigenvalue weighted by Gasteiger charge is -2.03. The molecule has 0 aliphatic heterocycles. The van der Waals surface area contributed by atoms with Crippen LogP contribution in [-0.4, -0.2) is 30.1 Å². The maximum Gasteiger partial charge on any atom is 0.239 e. The minimum Gasteiger partial charge on any atom is -0.377 e. The van der Waals surface area contributed by atoms with Crippen molar-refractivity contribution < 1.29 is 4.79 Å². The van der Waals surface area contributed by atoms with Crippen molar-refractivity contribution in [3.63, 3.8) is 0 Å². The first kappa shape index (κ1) is 13.6. The van der Waals surface area contributed by atoms with Crippen molar-refractivity contribution in [2.75, 3.05) is 5.32 Å². The van der Waals surface area contributed by atoms with E-state index in [9.17, 15) is 4.79 Å². The van der Waals surface area contributed by atoms with E-state index in [1.807, 2.05) is 10.6 Å². The van der Waals surface area contributed by atoms with Crippen molar-refractivity contribution in [2.45, 2.75) is 13.1 Å². The summed E-state index contributed by atoms with van der Waals surface area (Å²) in [7, 11) is 0. The summed E-state index contributed by atoms with van der Waals surface area (Å²) in [5.74, 6) is -0.427. The standard InChI is InChI=1S/C12H12BrN7O/c13-10-6-20-9(3-17-12(20)4-16-10)2-15-8-1-18-19(5-8)7-11(14)21/h1,3-6,15H,2,7H2,(H2,14,21). The molecule has 9 heteroatoms. The van der Waals surface area contributed by atoms with Gasteiger partial charge < -0.3 is 11.1 Å². The molecule has 0 fully saturated rings. The van der Waals surface area contributed by atoms with Crippen molar-refractivity contribution in [3.8, 4) is 0 Å². The molecular weight excluding hydrogens is 338 g/mol. The number of amides is 1. The van der Waals surface area contributed by atoms with Crippen LogP contribution in [0.5, 0.6) is 0 Å². The van der Waals surface area contributed by atoms with Gasteiger partial charge in [0.1, 0.15) is 11.1 Å². The highest BCUT2D eigenvalue weighted by Crippen LogP contribution is 2.12. The number of fused-ring (bicyclic) bond motifs is 1. The van der Waals surface area contributed by atoms with Crippen LogP contribution < -0.4 is 11.1 Å². The number of halogens is 1. The molecule has 0 unspecified atom stereocenters. The van der Waals surface area contributed by atoms with Gasteiger partial charge >= 0.3 is 0 Å². The molecule has 0 saturated carbocycles. The molecule has 3 heterocycles. The highest BCUT2D eigenvalue weighted by Gasteiger charge is 2.05. The van der Waals surface area contributed by atoms with Gasteiger partial charge in [-0.05, 0) is 15.9 Å². The van der Waals surface area contributed by atoms with E-state index >= 15 is 0 Å². The molecule has 3 aromatic heterocycles. The maximum absolute atomic E-state index is 10.8. The van der Waals surface area contributed by atoms with Gasteiger partial charge in [0.2, 0.25) is 5.91 Å². The van der Waals surface area contributed by atoms with E-state index in [4.69, 9.17) is 5.73 Å². The number of nitrogens with zero attached hydrogens (tertiary/aromatic N) is 5. The Morgan fingerprint density at radius 2 is 2.14 bits per heavy atom. The third kappa shape index (κ3) is 3.02. The molecule has 3 rings (SSSR count). The lowest BCUT2D eigenvalue weighted by atomic mass is 10.4. The molecule has 108 valence electrons. The largest absolute Gasteiger partial charge is 0.377 e. The minimum absolute atomic E-state index is 0.0654. The Labute approximate surface area is 128 Å². The smallest absolute Gasteiger partial charge is 0.239 e. The van der Waals surface area contributed by atoms with Crippen LogP contribution in [0.1, 0.15) is 5.69 Å². The molecule has 0 spiro atoms. The fourth-order valence-corrected chi connectivity index (χ4v) is 2.25. The summed E-state index contributed by atoms with van der Waals surface area (Å²) < 4.78 is 4.17. The van der Waals surface area contributed by atoms with Crippen molar-refractivity contribution in [1.82, 2.24) is 24.1 Å². The highest BCUT2D eigenvalue weighted by molar-refractivity contribution is 9.10. The van der Waals surface area contributed by atoms with E-state index in [0.717, 1.165) is 21.6 Å². The van der Waals surface area contributed by atoms with Gasteiger partial charge in [-0.3, -0.25) is 13.9 Å². The topological polar surface area (TPSA) is 103 Å². The van der Waals surface area contributed by atoms with Crippen molar-refractivity contribution in [3.05, 3.63) is 41.3 Å². The summed E-state index contributed by atoms with van der Waals surface area (Å²) >= 11 is 3.34. The van der Waals surface area contributed by atoms with Crippen LogP contribution in [0, 0.1) is 0 Å². The molecule has 0 aliphatic rings. The Bertz CT molecular complexity index is 794. The number of nitrogens with one attached hydrogen (secondary N) is 1. The van der Waals surface area contributed by atoms with Crippen LogP contribution in [0.4, 0.5) is 5.69 Å². The third-order valence-corrected chi connectivity index (χ3v) is 3.28. The number of carbonyl (C=O) groups excluding carboxylic acids is 1. The SMILES string of the molecule is NC(=O)Cn1cc(NCc2cnc3cnc(Br)cn23)cn1. The van der Waals surface area contributed by atoms with Gasteiger partial charge in [-0.15, -0.1) is 0 Å².